The summed E-state index contributed by atoms with van der Waals surface area (Å²) in [5.41, 5.74) is 0. The largest absolute Gasteiger partial charge is 0.462 e. The Morgan fingerprint density at radius 2 is 0.556 bits per heavy atom. The van der Waals surface area contributed by atoms with Crippen LogP contribution in [0.5, 0.6) is 0 Å². The zero-order chi connectivity index (χ0) is 46.3. The highest BCUT2D eigenvalue weighted by atomic mass is 16.6. The van der Waals surface area contributed by atoms with Crippen LogP contribution in [0, 0.1) is 17.8 Å². The summed E-state index contributed by atoms with van der Waals surface area (Å²) in [6, 6.07) is 0. The first-order chi connectivity index (χ1) is 30.6. The van der Waals surface area contributed by atoms with E-state index in [0.29, 0.717) is 19.3 Å². The normalized spacial score (nSPS) is 12.6. The quantitative estimate of drug-likeness (QED) is 0.0344. The molecule has 0 radical (unpaired) electrons. The maximum Gasteiger partial charge on any atom is 0.306 e. The smallest absolute Gasteiger partial charge is 0.306 e. The first kappa shape index (κ1) is 61.4. The van der Waals surface area contributed by atoms with Crippen LogP contribution in [0.25, 0.3) is 0 Å². The van der Waals surface area contributed by atoms with Crippen LogP contribution in [-0.2, 0) is 28.6 Å². The number of rotatable bonds is 50. The van der Waals surface area contributed by atoms with Gasteiger partial charge < -0.3 is 14.2 Å². The second-order valence-electron chi connectivity index (χ2n) is 20.8. The van der Waals surface area contributed by atoms with Crippen LogP contribution in [0.2, 0.25) is 0 Å². The number of unbranched alkanes of at least 4 members (excludes halogenated alkanes) is 32. The third-order valence-corrected chi connectivity index (χ3v) is 13.3. The van der Waals surface area contributed by atoms with Crippen molar-refractivity contribution in [3.63, 3.8) is 0 Å². The first-order valence-electron chi connectivity index (χ1n) is 28.1. The van der Waals surface area contributed by atoms with Crippen LogP contribution < -0.4 is 0 Å². The van der Waals surface area contributed by atoms with E-state index in [0.717, 1.165) is 75.5 Å². The molecule has 0 N–H and O–H groups in total. The molecular weight excluding hydrogens is 781 g/mol. The van der Waals surface area contributed by atoms with Gasteiger partial charge in [0.1, 0.15) is 13.2 Å². The van der Waals surface area contributed by atoms with Crippen molar-refractivity contribution in [1.82, 2.24) is 0 Å². The van der Waals surface area contributed by atoms with E-state index in [-0.39, 0.29) is 31.1 Å². The van der Waals surface area contributed by atoms with Crippen molar-refractivity contribution in [2.24, 2.45) is 17.8 Å². The highest BCUT2D eigenvalue weighted by molar-refractivity contribution is 5.71. The molecule has 0 bridgehead atoms. The second kappa shape index (κ2) is 48.3. The Hall–Kier alpha value is -1.59. The van der Waals surface area contributed by atoms with E-state index >= 15 is 0 Å². The standard InChI is InChI=1S/C57H110O6/c1-7-53(6)45-39-33-26-22-18-14-12-10-8-9-11-13-15-19-23-27-34-40-46-55(58)61-49-54(63-57(60)48-42-36-30-29-32-38-44-52(4)5)50-62-56(59)47-41-35-28-24-20-16-17-21-25-31-37-43-51(2)3/h51-54H,7-50H2,1-6H3/t53?,54-/m1/s1. The van der Waals surface area contributed by atoms with Crippen LogP contribution >= 0.6 is 0 Å². The minimum Gasteiger partial charge on any atom is -0.462 e. The van der Waals surface area contributed by atoms with Gasteiger partial charge in [0.2, 0.25) is 0 Å². The first-order valence-corrected chi connectivity index (χ1v) is 28.1. The van der Waals surface area contributed by atoms with Crippen molar-refractivity contribution in [3.05, 3.63) is 0 Å². The Balaban J connectivity index is 4.16. The van der Waals surface area contributed by atoms with E-state index in [4.69, 9.17) is 14.2 Å². The maximum absolute atomic E-state index is 12.7. The average molecular weight is 892 g/mol. The summed E-state index contributed by atoms with van der Waals surface area (Å²) in [5, 5.41) is 0. The van der Waals surface area contributed by atoms with Gasteiger partial charge in [0, 0.05) is 19.3 Å². The van der Waals surface area contributed by atoms with Crippen molar-refractivity contribution >= 4 is 17.9 Å². The molecule has 0 aliphatic carbocycles. The summed E-state index contributed by atoms with van der Waals surface area (Å²) in [7, 11) is 0. The number of carbonyl (C=O) groups is 3. The molecule has 0 rings (SSSR count). The highest BCUT2D eigenvalue weighted by Crippen LogP contribution is 2.19. The van der Waals surface area contributed by atoms with Gasteiger partial charge in [0.15, 0.2) is 6.10 Å². The molecule has 63 heavy (non-hydrogen) atoms. The zero-order valence-corrected chi connectivity index (χ0v) is 43.4. The van der Waals surface area contributed by atoms with Crippen molar-refractivity contribution in [2.75, 3.05) is 13.2 Å². The molecule has 0 fully saturated rings. The third kappa shape index (κ3) is 49.7. The van der Waals surface area contributed by atoms with Crippen LogP contribution in [0.1, 0.15) is 311 Å². The summed E-state index contributed by atoms with van der Waals surface area (Å²) >= 11 is 0. The fourth-order valence-corrected chi connectivity index (χ4v) is 8.61. The fourth-order valence-electron chi connectivity index (χ4n) is 8.61. The van der Waals surface area contributed by atoms with Gasteiger partial charge in [-0.2, -0.15) is 0 Å². The SMILES string of the molecule is CCC(C)CCCCCCCCCCCCCCCCCCCCC(=O)OC[C@H](COC(=O)CCCCCCCCCCCCCC(C)C)OC(=O)CCCCCCCCC(C)C. The Labute approximate surface area is 393 Å². The lowest BCUT2D eigenvalue weighted by atomic mass is 9.99. The van der Waals surface area contributed by atoms with Gasteiger partial charge in [-0.3, -0.25) is 14.4 Å². The third-order valence-electron chi connectivity index (χ3n) is 13.3. The predicted molar refractivity (Wildman–Crippen MR) is 270 cm³/mol. The number of carbonyl (C=O) groups excluding carboxylic acids is 3. The van der Waals surface area contributed by atoms with E-state index in [9.17, 15) is 14.4 Å². The van der Waals surface area contributed by atoms with Crippen molar-refractivity contribution < 1.29 is 28.6 Å². The lowest BCUT2D eigenvalue weighted by molar-refractivity contribution is -0.167. The predicted octanol–water partition coefficient (Wildman–Crippen LogP) is 18.3. The van der Waals surface area contributed by atoms with Gasteiger partial charge in [-0.05, 0) is 37.0 Å². The Morgan fingerprint density at radius 3 is 0.825 bits per heavy atom. The minimum absolute atomic E-state index is 0.0651. The molecule has 0 spiro atoms. The van der Waals surface area contributed by atoms with Crippen LogP contribution in [0.3, 0.4) is 0 Å². The van der Waals surface area contributed by atoms with E-state index in [1.54, 1.807) is 0 Å². The van der Waals surface area contributed by atoms with Gasteiger partial charge in [-0.25, -0.2) is 0 Å². The van der Waals surface area contributed by atoms with E-state index in [1.807, 2.05) is 0 Å². The molecule has 1 unspecified atom stereocenters. The number of hydrogen-bond acceptors (Lipinski definition) is 6. The molecule has 0 amide bonds. The average Bonchev–Trinajstić information content (AvgIpc) is 3.25. The molecule has 6 heteroatoms. The number of ether oxygens (including phenoxy) is 3. The van der Waals surface area contributed by atoms with Crippen molar-refractivity contribution in [2.45, 2.75) is 317 Å². The zero-order valence-electron chi connectivity index (χ0n) is 43.4. The van der Waals surface area contributed by atoms with Gasteiger partial charge in [-0.1, -0.05) is 273 Å². The molecule has 0 aromatic carbocycles. The summed E-state index contributed by atoms with van der Waals surface area (Å²) in [6.45, 7) is 13.7. The van der Waals surface area contributed by atoms with Crippen LogP contribution in [0.4, 0.5) is 0 Å². The van der Waals surface area contributed by atoms with Gasteiger partial charge in [-0.15, -0.1) is 0 Å². The Kier molecular flexibility index (Phi) is 47.1. The summed E-state index contributed by atoms with van der Waals surface area (Å²) in [6.07, 6.45) is 49.7. The molecule has 374 valence electrons. The van der Waals surface area contributed by atoms with Crippen molar-refractivity contribution in [1.29, 1.82) is 0 Å². The van der Waals surface area contributed by atoms with Crippen LogP contribution in [-0.4, -0.2) is 37.2 Å². The molecule has 0 aliphatic heterocycles. The highest BCUT2D eigenvalue weighted by Gasteiger charge is 2.19. The van der Waals surface area contributed by atoms with Crippen molar-refractivity contribution in [3.8, 4) is 0 Å². The molecule has 0 aliphatic rings. The molecule has 0 heterocycles. The molecule has 0 saturated carbocycles. The fraction of sp³-hybridized carbons (Fsp3) is 0.947. The van der Waals surface area contributed by atoms with E-state index in [1.165, 1.54) is 193 Å². The molecule has 0 saturated heterocycles. The maximum atomic E-state index is 12.7. The lowest BCUT2D eigenvalue weighted by Crippen LogP contribution is -2.30. The second-order valence-corrected chi connectivity index (χ2v) is 20.8. The summed E-state index contributed by atoms with van der Waals surface area (Å²) in [4.78, 5) is 38.0. The van der Waals surface area contributed by atoms with E-state index < -0.39 is 6.10 Å². The molecule has 2 atom stereocenters. The molecule has 0 aromatic rings. The molecular formula is C57H110O6. The Morgan fingerprint density at radius 1 is 0.317 bits per heavy atom. The summed E-state index contributed by atoms with van der Waals surface area (Å²) < 4.78 is 16.8. The van der Waals surface area contributed by atoms with Gasteiger partial charge in [0.05, 0.1) is 0 Å². The molecule has 6 nitrogen and oxygen atoms in total. The number of hydrogen-bond donors (Lipinski definition) is 0. The van der Waals surface area contributed by atoms with Gasteiger partial charge >= 0.3 is 17.9 Å². The minimum atomic E-state index is -0.763. The van der Waals surface area contributed by atoms with Gasteiger partial charge in [0.25, 0.3) is 0 Å². The lowest BCUT2D eigenvalue weighted by Gasteiger charge is -2.18. The topological polar surface area (TPSA) is 78.9 Å². The Bertz CT molecular complexity index is 978. The van der Waals surface area contributed by atoms with Crippen LogP contribution in [0.15, 0.2) is 0 Å². The summed E-state index contributed by atoms with van der Waals surface area (Å²) in [5.74, 6) is 1.64. The van der Waals surface area contributed by atoms with E-state index in [2.05, 4.69) is 41.5 Å². The monoisotopic (exact) mass is 891 g/mol. The molecule has 0 aromatic heterocycles. The number of esters is 3.